The number of ether oxygens (including phenoxy) is 3. The Bertz CT molecular complexity index is 1130. The Hall–Kier alpha value is -2.37. The lowest BCUT2D eigenvalue weighted by atomic mass is 10.0. The van der Waals surface area contributed by atoms with Crippen LogP contribution in [0, 0.1) is 0 Å². The number of hydrogen-bond acceptors (Lipinski definition) is 6. The van der Waals surface area contributed by atoms with Crippen molar-refractivity contribution in [1.29, 1.82) is 0 Å². The lowest BCUT2D eigenvalue weighted by Crippen LogP contribution is -2.30. The Kier molecular flexibility index (Phi) is 54.2. The van der Waals surface area contributed by atoms with Gasteiger partial charge < -0.3 is 14.2 Å². The number of carbonyl (C=O) groups is 3. The molecule has 0 aromatic rings. The molecule has 0 bridgehead atoms. The quantitative estimate of drug-likeness (QED) is 0.0262. The van der Waals surface area contributed by atoms with E-state index in [1.807, 2.05) is 0 Å². The molecule has 1 atom stereocenters. The summed E-state index contributed by atoms with van der Waals surface area (Å²) in [6.07, 6.45) is 67.2. The molecule has 0 aliphatic heterocycles. The highest BCUT2D eigenvalue weighted by Crippen LogP contribution is 2.17. The van der Waals surface area contributed by atoms with Gasteiger partial charge in [0.25, 0.3) is 0 Å². The van der Waals surface area contributed by atoms with Gasteiger partial charge in [-0.3, -0.25) is 14.4 Å². The van der Waals surface area contributed by atoms with Crippen LogP contribution in [0.15, 0.2) is 36.5 Å². The molecule has 0 saturated heterocycles. The largest absolute Gasteiger partial charge is 0.462 e. The maximum absolute atomic E-state index is 12.8. The normalized spacial score (nSPS) is 12.2. The van der Waals surface area contributed by atoms with E-state index < -0.39 is 6.10 Å². The molecule has 0 radical (unpaired) electrons. The van der Waals surface area contributed by atoms with Gasteiger partial charge in [0.15, 0.2) is 6.10 Å². The Morgan fingerprint density at radius 2 is 0.567 bits per heavy atom. The van der Waals surface area contributed by atoms with Gasteiger partial charge in [0.05, 0.1) is 0 Å². The van der Waals surface area contributed by atoms with Crippen molar-refractivity contribution in [2.75, 3.05) is 13.2 Å². The molecular formula is C61H112O6. The number of allylic oxidation sites excluding steroid dienone is 6. The zero-order valence-corrected chi connectivity index (χ0v) is 44.9. The monoisotopic (exact) mass is 941 g/mol. The second-order valence-corrected chi connectivity index (χ2v) is 19.9. The fourth-order valence-electron chi connectivity index (χ4n) is 8.65. The minimum absolute atomic E-state index is 0.0736. The molecule has 67 heavy (non-hydrogen) atoms. The Morgan fingerprint density at radius 3 is 0.896 bits per heavy atom. The van der Waals surface area contributed by atoms with Gasteiger partial charge in [0.1, 0.15) is 13.2 Å². The van der Waals surface area contributed by atoms with Gasteiger partial charge in [-0.2, -0.15) is 0 Å². The first-order valence-corrected chi connectivity index (χ1v) is 29.5. The third kappa shape index (κ3) is 54.4. The zero-order chi connectivity index (χ0) is 48.6. The third-order valence-electron chi connectivity index (χ3n) is 13.1. The van der Waals surface area contributed by atoms with Gasteiger partial charge in [0, 0.05) is 19.3 Å². The van der Waals surface area contributed by atoms with Crippen molar-refractivity contribution >= 4 is 17.9 Å². The average Bonchev–Trinajstić information content (AvgIpc) is 3.33. The molecule has 0 rings (SSSR count). The van der Waals surface area contributed by atoms with Crippen molar-refractivity contribution in [3.63, 3.8) is 0 Å². The van der Waals surface area contributed by atoms with Crippen LogP contribution < -0.4 is 0 Å². The number of rotatable bonds is 54. The summed E-state index contributed by atoms with van der Waals surface area (Å²) in [6, 6.07) is 0. The van der Waals surface area contributed by atoms with E-state index in [9.17, 15) is 14.4 Å². The smallest absolute Gasteiger partial charge is 0.306 e. The predicted octanol–water partition coefficient (Wildman–Crippen LogP) is 19.7. The molecule has 0 saturated carbocycles. The van der Waals surface area contributed by atoms with Gasteiger partial charge in [0.2, 0.25) is 0 Å². The van der Waals surface area contributed by atoms with Crippen molar-refractivity contribution in [3.8, 4) is 0 Å². The van der Waals surface area contributed by atoms with E-state index in [4.69, 9.17) is 14.2 Å². The molecule has 1 unspecified atom stereocenters. The molecule has 0 aliphatic rings. The summed E-state index contributed by atoms with van der Waals surface area (Å²) in [5, 5.41) is 0. The molecule has 0 aliphatic carbocycles. The van der Waals surface area contributed by atoms with Crippen molar-refractivity contribution in [1.82, 2.24) is 0 Å². The van der Waals surface area contributed by atoms with E-state index >= 15 is 0 Å². The summed E-state index contributed by atoms with van der Waals surface area (Å²) in [7, 11) is 0. The minimum Gasteiger partial charge on any atom is -0.462 e. The molecule has 0 N–H and O–H groups in total. The SMILES string of the molecule is CCC/C=C\CCCCCCCC(=O)OCC(COC(=O)CCCCCCCCCCC/C=C\C/C=C\CCCCCCC)OC(=O)CCCCCCCCCCCCCCCCCCCC. The highest BCUT2D eigenvalue weighted by molar-refractivity contribution is 5.71. The number of carbonyl (C=O) groups excluding carboxylic acids is 3. The Morgan fingerprint density at radius 1 is 0.299 bits per heavy atom. The van der Waals surface area contributed by atoms with Gasteiger partial charge >= 0.3 is 17.9 Å². The molecule has 0 aromatic heterocycles. The summed E-state index contributed by atoms with van der Waals surface area (Å²) in [5.74, 6) is -0.871. The van der Waals surface area contributed by atoms with Crippen LogP contribution in [-0.2, 0) is 28.6 Å². The number of hydrogen-bond donors (Lipinski definition) is 0. The Labute approximate surface area is 416 Å². The van der Waals surface area contributed by atoms with E-state index in [2.05, 4.69) is 57.2 Å². The van der Waals surface area contributed by atoms with Crippen LogP contribution in [0.4, 0.5) is 0 Å². The maximum atomic E-state index is 12.8. The van der Waals surface area contributed by atoms with Gasteiger partial charge in [-0.1, -0.05) is 263 Å². The third-order valence-corrected chi connectivity index (χ3v) is 13.1. The first-order chi connectivity index (χ1) is 33.0. The Balaban J connectivity index is 4.26. The first-order valence-electron chi connectivity index (χ1n) is 29.5. The highest BCUT2D eigenvalue weighted by Gasteiger charge is 2.19. The van der Waals surface area contributed by atoms with E-state index in [1.165, 1.54) is 199 Å². The molecule has 0 aromatic carbocycles. The van der Waals surface area contributed by atoms with Crippen LogP contribution in [0.5, 0.6) is 0 Å². The summed E-state index contributed by atoms with van der Waals surface area (Å²) < 4.78 is 16.9. The highest BCUT2D eigenvalue weighted by atomic mass is 16.6. The minimum atomic E-state index is -0.774. The molecule has 0 fully saturated rings. The summed E-state index contributed by atoms with van der Waals surface area (Å²) in [6.45, 7) is 6.60. The van der Waals surface area contributed by atoms with E-state index in [0.717, 1.165) is 77.0 Å². The summed E-state index contributed by atoms with van der Waals surface area (Å²) in [4.78, 5) is 38.1. The molecule has 0 heterocycles. The molecule has 392 valence electrons. The molecule has 0 spiro atoms. The standard InChI is InChI=1S/C61H112O6/c1-4-7-10-13-16-19-22-24-26-28-30-31-32-34-35-37-39-42-45-48-51-54-60(63)66-57-58(56-65-59(62)53-50-47-44-41-21-18-15-12-9-6-3)67-61(64)55-52-49-46-43-40-38-36-33-29-27-25-23-20-17-14-11-8-5-2/h12,15,22,24,28,30,58H,4-11,13-14,16-21,23,25-27,29,31-57H2,1-3H3/b15-12-,24-22-,30-28-. The lowest BCUT2D eigenvalue weighted by Gasteiger charge is -2.18. The van der Waals surface area contributed by atoms with Gasteiger partial charge in [-0.25, -0.2) is 0 Å². The average molecular weight is 942 g/mol. The molecule has 6 nitrogen and oxygen atoms in total. The van der Waals surface area contributed by atoms with Crippen LogP contribution >= 0.6 is 0 Å². The van der Waals surface area contributed by atoms with Crippen LogP contribution in [0.25, 0.3) is 0 Å². The maximum Gasteiger partial charge on any atom is 0.306 e. The fraction of sp³-hybridized carbons (Fsp3) is 0.852. The van der Waals surface area contributed by atoms with Gasteiger partial charge in [-0.05, 0) is 70.6 Å². The zero-order valence-electron chi connectivity index (χ0n) is 44.9. The van der Waals surface area contributed by atoms with Crippen molar-refractivity contribution < 1.29 is 28.6 Å². The fourth-order valence-corrected chi connectivity index (χ4v) is 8.65. The van der Waals surface area contributed by atoms with E-state index in [1.54, 1.807) is 0 Å². The van der Waals surface area contributed by atoms with Crippen molar-refractivity contribution in [3.05, 3.63) is 36.5 Å². The number of esters is 3. The van der Waals surface area contributed by atoms with Crippen LogP contribution in [0.1, 0.15) is 316 Å². The second-order valence-electron chi connectivity index (χ2n) is 19.9. The van der Waals surface area contributed by atoms with Crippen molar-refractivity contribution in [2.45, 2.75) is 322 Å². The predicted molar refractivity (Wildman–Crippen MR) is 289 cm³/mol. The molecule has 0 amide bonds. The van der Waals surface area contributed by atoms with E-state index in [0.29, 0.717) is 19.3 Å². The summed E-state index contributed by atoms with van der Waals surface area (Å²) in [5.41, 5.74) is 0. The second kappa shape index (κ2) is 56.2. The molecule has 6 heteroatoms. The van der Waals surface area contributed by atoms with Crippen molar-refractivity contribution in [2.24, 2.45) is 0 Å². The first kappa shape index (κ1) is 64.6. The van der Waals surface area contributed by atoms with Crippen LogP contribution in [-0.4, -0.2) is 37.2 Å². The van der Waals surface area contributed by atoms with Crippen LogP contribution in [0.2, 0.25) is 0 Å². The van der Waals surface area contributed by atoms with Gasteiger partial charge in [-0.15, -0.1) is 0 Å². The molecular weight excluding hydrogens is 829 g/mol. The summed E-state index contributed by atoms with van der Waals surface area (Å²) >= 11 is 0. The lowest BCUT2D eigenvalue weighted by molar-refractivity contribution is -0.167. The number of unbranched alkanes of at least 4 members (excludes halogenated alkanes) is 37. The van der Waals surface area contributed by atoms with E-state index in [-0.39, 0.29) is 31.1 Å². The van der Waals surface area contributed by atoms with Crippen LogP contribution in [0.3, 0.4) is 0 Å². The topological polar surface area (TPSA) is 78.9 Å².